The van der Waals surface area contributed by atoms with Gasteiger partial charge in [-0.05, 0) is 62.7 Å². The lowest BCUT2D eigenvalue weighted by Crippen LogP contribution is -2.33. The number of hydrazone groups is 1. The van der Waals surface area contributed by atoms with Crippen LogP contribution in [0.15, 0.2) is 29.4 Å². The number of nitrogens with zero attached hydrogens (tertiary/aromatic N) is 2. The summed E-state index contributed by atoms with van der Waals surface area (Å²) in [5, 5.41) is 4.00. The van der Waals surface area contributed by atoms with E-state index in [4.69, 9.17) is 4.74 Å². The topological polar surface area (TPSA) is 53.9 Å². The molecule has 2 rings (SSSR count). The third-order valence-corrected chi connectivity index (χ3v) is 3.70. The Morgan fingerprint density at radius 1 is 1.27 bits per heavy atom. The first-order chi connectivity index (χ1) is 10.8. The van der Waals surface area contributed by atoms with Crippen LogP contribution in [0, 0.1) is 0 Å². The molecule has 1 amide bonds. The predicted molar refractivity (Wildman–Crippen MR) is 88.3 cm³/mol. The van der Waals surface area contributed by atoms with Crippen LogP contribution in [0.3, 0.4) is 0 Å². The van der Waals surface area contributed by atoms with Gasteiger partial charge < -0.3 is 9.64 Å². The largest absolute Gasteiger partial charge is 0.494 e. The third-order valence-electron chi connectivity index (χ3n) is 3.70. The molecule has 1 aliphatic rings. The number of carbonyl (C=O) groups excluding carboxylic acids is 1. The zero-order valence-corrected chi connectivity index (χ0v) is 13.3. The first-order valence-corrected chi connectivity index (χ1v) is 8.05. The molecule has 1 heterocycles. The van der Waals surface area contributed by atoms with E-state index in [1.54, 1.807) is 6.21 Å². The SMILES string of the molecule is CCOc1ccc(/C=N/NC(=O)CCN2CCCCC2)cc1. The molecular weight excluding hydrogens is 278 g/mol. The molecular formula is C17H25N3O2. The van der Waals surface area contributed by atoms with Gasteiger partial charge in [0.1, 0.15) is 5.75 Å². The maximum Gasteiger partial charge on any atom is 0.241 e. The summed E-state index contributed by atoms with van der Waals surface area (Å²) in [6.07, 6.45) is 5.96. The van der Waals surface area contributed by atoms with Gasteiger partial charge in [0.15, 0.2) is 0 Å². The Balaban J connectivity index is 1.68. The molecule has 0 radical (unpaired) electrons. The van der Waals surface area contributed by atoms with Crippen LogP contribution in [0.25, 0.3) is 0 Å². The highest BCUT2D eigenvalue weighted by atomic mass is 16.5. The molecule has 0 spiro atoms. The number of carbonyl (C=O) groups is 1. The molecule has 0 bridgehead atoms. The fraction of sp³-hybridized carbons (Fsp3) is 0.529. The Morgan fingerprint density at radius 3 is 2.68 bits per heavy atom. The summed E-state index contributed by atoms with van der Waals surface area (Å²) in [7, 11) is 0. The fourth-order valence-electron chi connectivity index (χ4n) is 2.49. The lowest BCUT2D eigenvalue weighted by atomic mass is 10.1. The van der Waals surface area contributed by atoms with Crippen LogP contribution in [0.1, 0.15) is 38.2 Å². The predicted octanol–water partition coefficient (Wildman–Crippen LogP) is 2.41. The van der Waals surface area contributed by atoms with Crippen molar-refractivity contribution in [2.45, 2.75) is 32.6 Å². The Hall–Kier alpha value is -1.88. The highest BCUT2D eigenvalue weighted by Crippen LogP contribution is 2.10. The van der Waals surface area contributed by atoms with Gasteiger partial charge in [0.25, 0.3) is 0 Å². The van der Waals surface area contributed by atoms with E-state index < -0.39 is 0 Å². The first kappa shape index (κ1) is 16.5. The molecule has 5 heteroatoms. The van der Waals surface area contributed by atoms with Gasteiger partial charge in [-0.1, -0.05) is 6.42 Å². The van der Waals surface area contributed by atoms with Crippen LogP contribution in [0.5, 0.6) is 5.75 Å². The summed E-state index contributed by atoms with van der Waals surface area (Å²) in [5.74, 6) is 0.804. The Bertz CT molecular complexity index is 479. The monoisotopic (exact) mass is 303 g/mol. The van der Waals surface area contributed by atoms with E-state index in [9.17, 15) is 4.79 Å². The summed E-state index contributed by atoms with van der Waals surface area (Å²) in [6, 6.07) is 7.61. The van der Waals surface area contributed by atoms with Crippen molar-refractivity contribution < 1.29 is 9.53 Å². The molecule has 1 aromatic carbocycles. The molecule has 0 unspecified atom stereocenters. The summed E-state index contributed by atoms with van der Waals surface area (Å²) in [6.45, 7) is 5.66. The van der Waals surface area contributed by atoms with Crippen LogP contribution in [0.2, 0.25) is 0 Å². The highest BCUT2D eigenvalue weighted by molar-refractivity contribution is 5.82. The molecule has 1 aromatic rings. The number of piperidine rings is 1. The second kappa shape index (κ2) is 9.20. The second-order valence-corrected chi connectivity index (χ2v) is 5.45. The third kappa shape index (κ3) is 5.85. The van der Waals surface area contributed by atoms with Gasteiger partial charge in [-0.25, -0.2) is 5.43 Å². The number of ether oxygens (including phenoxy) is 1. The number of nitrogens with one attached hydrogen (secondary N) is 1. The number of hydrogen-bond acceptors (Lipinski definition) is 4. The van der Waals surface area contributed by atoms with Crippen molar-refractivity contribution in [3.63, 3.8) is 0 Å². The zero-order valence-electron chi connectivity index (χ0n) is 13.3. The Labute approximate surface area is 132 Å². The van der Waals surface area contributed by atoms with Gasteiger partial charge in [0.05, 0.1) is 12.8 Å². The van der Waals surface area contributed by atoms with E-state index in [1.165, 1.54) is 19.3 Å². The van der Waals surface area contributed by atoms with Crippen LogP contribution >= 0.6 is 0 Å². The number of likely N-dealkylation sites (tertiary alicyclic amines) is 1. The van der Waals surface area contributed by atoms with Crippen molar-refractivity contribution in [1.82, 2.24) is 10.3 Å². The zero-order chi connectivity index (χ0) is 15.6. The number of rotatable bonds is 7. The second-order valence-electron chi connectivity index (χ2n) is 5.45. The van der Waals surface area contributed by atoms with E-state index in [0.717, 1.165) is 30.9 Å². The molecule has 1 N–H and O–H groups in total. The van der Waals surface area contributed by atoms with Crippen molar-refractivity contribution in [3.05, 3.63) is 29.8 Å². The van der Waals surface area contributed by atoms with Gasteiger partial charge in [0.2, 0.25) is 5.91 Å². The van der Waals surface area contributed by atoms with E-state index in [0.29, 0.717) is 13.0 Å². The average Bonchev–Trinajstić information content (AvgIpc) is 2.56. The van der Waals surface area contributed by atoms with E-state index >= 15 is 0 Å². The van der Waals surface area contributed by atoms with Crippen LogP contribution in [-0.2, 0) is 4.79 Å². The van der Waals surface area contributed by atoms with Gasteiger partial charge in [-0.15, -0.1) is 0 Å². The summed E-state index contributed by atoms with van der Waals surface area (Å²) < 4.78 is 5.37. The Morgan fingerprint density at radius 2 is 2.00 bits per heavy atom. The minimum Gasteiger partial charge on any atom is -0.494 e. The normalized spacial score (nSPS) is 15.9. The van der Waals surface area contributed by atoms with Crippen molar-refractivity contribution in [2.24, 2.45) is 5.10 Å². The van der Waals surface area contributed by atoms with Gasteiger partial charge in [0, 0.05) is 13.0 Å². The van der Waals surface area contributed by atoms with Crippen molar-refractivity contribution in [1.29, 1.82) is 0 Å². The number of amides is 1. The lowest BCUT2D eigenvalue weighted by molar-refractivity contribution is -0.121. The maximum atomic E-state index is 11.7. The molecule has 5 nitrogen and oxygen atoms in total. The molecule has 0 atom stereocenters. The summed E-state index contributed by atoms with van der Waals surface area (Å²) in [5.41, 5.74) is 3.51. The molecule has 0 aliphatic carbocycles. The van der Waals surface area contributed by atoms with E-state index in [1.807, 2.05) is 31.2 Å². The number of benzene rings is 1. The quantitative estimate of drug-likeness (QED) is 0.621. The van der Waals surface area contributed by atoms with E-state index in [-0.39, 0.29) is 5.91 Å². The van der Waals surface area contributed by atoms with Gasteiger partial charge in [-0.2, -0.15) is 5.10 Å². The standard InChI is InChI=1S/C17H25N3O2/c1-2-22-16-8-6-15(7-9-16)14-18-19-17(21)10-13-20-11-4-3-5-12-20/h6-9,14H,2-5,10-13H2,1H3,(H,19,21)/b18-14+. The summed E-state index contributed by atoms with van der Waals surface area (Å²) in [4.78, 5) is 14.1. The van der Waals surface area contributed by atoms with Crippen LogP contribution in [0.4, 0.5) is 0 Å². The molecule has 1 fully saturated rings. The lowest BCUT2D eigenvalue weighted by Gasteiger charge is -2.25. The van der Waals surface area contributed by atoms with Crippen LogP contribution in [-0.4, -0.2) is 43.3 Å². The smallest absolute Gasteiger partial charge is 0.241 e. The number of hydrogen-bond donors (Lipinski definition) is 1. The molecule has 1 saturated heterocycles. The average molecular weight is 303 g/mol. The maximum absolute atomic E-state index is 11.7. The van der Waals surface area contributed by atoms with Crippen molar-refractivity contribution in [3.8, 4) is 5.75 Å². The minimum atomic E-state index is -0.0345. The fourth-order valence-corrected chi connectivity index (χ4v) is 2.49. The van der Waals surface area contributed by atoms with Gasteiger partial charge >= 0.3 is 0 Å². The van der Waals surface area contributed by atoms with Gasteiger partial charge in [-0.3, -0.25) is 4.79 Å². The van der Waals surface area contributed by atoms with Crippen LogP contribution < -0.4 is 10.2 Å². The molecule has 0 aromatic heterocycles. The van der Waals surface area contributed by atoms with E-state index in [2.05, 4.69) is 15.4 Å². The molecule has 1 aliphatic heterocycles. The minimum absolute atomic E-state index is 0.0345. The first-order valence-electron chi connectivity index (χ1n) is 8.05. The molecule has 0 saturated carbocycles. The van der Waals surface area contributed by atoms with Crippen molar-refractivity contribution in [2.75, 3.05) is 26.2 Å². The van der Waals surface area contributed by atoms with Crippen molar-refractivity contribution >= 4 is 12.1 Å². The molecule has 22 heavy (non-hydrogen) atoms. The highest BCUT2D eigenvalue weighted by Gasteiger charge is 2.11. The summed E-state index contributed by atoms with van der Waals surface area (Å²) >= 11 is 0. The molecule has 120 valence electrons. The Kier molecular flexibility index (Phi) is 6.90.